The maximum atomic E-state index is 12.7. The Morgan fingerprint density at radius 2 is 2.05 bits per heavy atom. The predicted octanol–water partition coefficient (Wildman–Crippen LogP) is 1.40. The van der Waals surface area contributed by atoms with Crippen molar-refractivity contribution in [3.63, 3.8) is 0 Å². The van der Waals surface area contributed by atoms with Gasteiger partial charge in [-0.1, -0.05) is 6.42 Å². The summed E-state index contributed by atoms with van der Waals surface area (Å²) < 4.78 is 26.9. The summed E-state index contributed by atoms with van der Waals surface area (Å²) in [5.74, 6) is 0.147. The minimum atomic E-state index is -3.51. The third kappa shape index (κ3) is 2.97. The van der Waals surface area contributed by atoms with Crippen molar-refractivity contribution >= 4 is 21.6 Å². The first-order valence-corrected chi connectivity index (χ1v) is 9.43. The first-order chi connectivity index (χ1) is 10.1. The van der Waals surface area contributed by atoms with Crippen LogP contribution in [0.3, 0.4) is 0 Å². The van der Waals surface area contributed by atoms with Gasteiger partial charge in [-0.15, -0.1) is 11.6 Å². The van der Waals surface area contributed by atoms with E-state index in [1.165, 1.54) is 25.5 Å². The van der Waals surface area contributed by atoms with Crippen molar-refractivity contribution in [2.24, 2.45) is 0 Å². The van der Waals surface area contributed by atoms with Crippen molar-refractivity contribution in [2.45, 2.75) is 42.6 Å². The zero-order valence-corrected chi connectivity index (χ0v) is 13.5. The quantitative estimate of drug-likeness (QED) is 0.846. The lowest BCUT2D eigenvalue weighted by Crippen LogP contribution is -2.41. The zero-order chi connectivity index (χ0) is 14.9. The molecule has 0 spiro atoms. The first kappa shape index (κ1) is 15.3. The largest absolute Gasteiger partial charge is 0.299 e. The van der Waals surface area contributed by atoms with Crippen molar-refractivity contribution in [1.82, 2.24) is 19.4 Å². The van der Waals surface area contributed by atoms with Gasteiger partial charge >= 0.3 is 0 Å². The highest BCUT2D eigenvalue weighted by molar-refractivity contribution is 7.89. The van der Waals surface area contributed by atoms with E-state index < -0.39 is 10.0 Å². The molecule has 1 unspecified atom stereocenters. The molecule has 0 aliphatic carbocycles. The maximum Gasteiger partial charge on any atom is 0.260 e. The Kier molecular flexibility index (Phi) is 4.54. The van der Waals surface area contributed by atoms with Gasteiger partial charge in [-0.25, -0.2) is 8.42 Å². The number of halogens is 1. The van der Waals surface area contributed by atoms with E-state index in [1.54, 1.807) is 4.31 Å². The van der Waals surface area contributed by atoms with Gasteiger partial charge < -0.3 is 0 Å². The number of nitrogens with zero attached hydrogens (tertiary/aromatic N) is 3. The summed E-state index contributed by atoms with van der Waals surface area (Å²) in [4.78, 5) is 2.44. The van der Waals surface area contributed by atoms with Crippen LogP contribution in [0.15, 0.2) is 11.2 Å². The third-order valence-corrected chi connectivity index (χ3v) is 6.62. The van der Waals surface area contributed by atoms with Crippen LogP contribution in [-0.2, 0) is 15.9 Å². The van der Waals surface area contributed by atoms with Crippen molar-refractivity contribution in [3.8, 4) is 0 Å². The number of likely N-dealkylation sites (tertiary alicyclic amines) is 1. The number of aromatic amines is 1. The van der Waals surface area contributed by atoms with Crippen LogP contribution >= 0.6 is 11.6 Å². The summed E-state index contributed by atoms with van der Waals surface area (Å²) in [6.07, 6.45) is 6.13. The number of aromatic nitrogens is 2. The van der Waals surface area contributed by atoms with E-state index in [0.717, 1.165) is 19.5 Å². The topological polar surface area (TPSA) is 69.3 Å². The fourth-order valence-corrected chi connectivity index (χ4v) is 5.14. The molecule has 1 aromatic heterocycles. The van der Waals surface area contributed by atoms with Crippen LogP contribution in [0.25, 0.3) is 0 Å². The molecule has 0 amide bonds. The molecule has 118 valence electrons. The normalized spacial score (nSPS) is 25.5. The van der Waals surface area contributed by atoms with Gasteiger partial charge in [0.2, 0.25) is 0 Å². The summed E-state index contributed by atoms with van der Waals surface area (Å²) in [5, 5.41) is 6.55. The Morgan fingerprint density at radius 3 is 2.76 bits per heavy atom. The monoisotopic (exact) mass is 332 g/mol. The molecule has 2 saturated heterocycles. The maximum absolute atomic E-state index is 12.7. The van der Waals surface area contributed by atoms with Crippen LogP contribution in [0.5, 0.6) is 0 Å². The Balaban J connectivity index is 1.73. The molecule has 2 fully saturated rings. The fraction of sp³-hybridized carbons (Fsp3) is 0.769. The number of nitrogens with one attached hydrogen (secondary N) is 1. The number of H-pyrrole nitrogens is 1. The lowest BCUT2D eigenvalue weighted by atomic mass is 10.1. The van der Waals surface area contributed by atoms with Crippen molar-refractivity contribution in [1.29, 1.82) is 0 Å². The van der Waals surface area contributed by atoms with Gasteiger partial charge in [0.05, 0.1) is 12.1 Å². The summed E-state index contributed by atoms with van der Waals surface area (Å²) in [6.45, 7) is 3.33. The van der Waals surface area contributed by atoms with Crippen LogP contribution < -0.4 is 0 Å². The number of sulfonamides is 1. The molecule has 8 heteroatoms. The van der Waals surface area contributed by atoms with Gasteiger partial charge in [-0.05, 0) is 32.4 Å². The summed E-state index contributed by atoms with van der Waals surface area (Å²) in [7, 11) is -3.51. The first-order valence-electron chi connectivity index (χ1n) is 7.45. The molecule has 2 aliphatic rings. The Morgan fingerprint density at radius 1 is 1.29 bits per heavy atom. The molecule has 0 radical (unpaired) electrons. The van der Waals surface area contributed by atoms with E-state index in [1.807, 2.05) is 0 Å². The number of hydrogen-bond donors (Lipinski definition) is 1. The lowest BCUT2D eigenvalue weighted by molar-refractivity contribution is 0.169. The number of hydrogen-bond acceptors (Lipinski definition) is 4. The third-order valence-electron chi connectivity index (χ3n) is 4.45. The molecule has 1 N–H and O–H groups in total. The molecule has 21 heavy (non-hydrogen) atoms. The highest BCUT2D eigenvalue weighted by atomic mass is 35.5. The van der Waals surface area contributed by atoms with E-state index in [2.05, 4.69) is 15.1 Å². The second kappa shape index (κ2) is 6.24. The van der Waals surface area contributed by atoms with Crippen LogP contribution in [0.2, 0.25) is 0 Å². The number of alkyl halides is 1. The van der Waals surface area contributed by atoms with E-state index in [4.69, 9.17) is 11.6 Å². The average Bonchev–Trinajstić information content (AvgIpc) is 3.17. The van der Waals surface area contributed by atoms with E-state index in [9.17, 15) is 8.42 Å². The van der Waals surface area contributed by atoms with Crippen LogP contribution in [0, 0.1) is 0 Å². The second-order valence-electron chi connectivity index (χ2n) is 5.76. The average molecular weight is 333 g/mol. The molecule has 2 aliphatic heterocycles. The summed E-state index contributed by atoms with van der Waals surface area (Å²) in [6, 6.07) is 0.349. The van der Waals surface area contributed by atoms with Gasteiger partial charge in [0.25, 0.3) is 10.0 Å². The molecule has 3 rings (SSSR count). The Hall–Kier alpha value is -0.630. The highest BCUT2D eigenvalue weighted by Gasteiger charge is 2.37. The van der Waals surface area contributed by atoms with E-state index >= 15 is 0 Å². The van der Waals surface area contributed by atoms with E-state index in [-0.39, 0.29) is 10.9 Å². The zero-order valence-electron chi connectivity index (χ0n) is 12.0. The number of rotatable bonds is 4. The second-order valence-corrected chi connectivity index (χ2v) is 7.90. The molecule has 1 aromatic rings. The van der Waals surface area contributed by atoms with Gasteiger partial charge in [-0.3, -0.25) is 10.00 Å². The van der Waals surface area contributed by atoms with Crippen LogP contribution in [0.1, 0.15) is 31.2 Å². The van der Waals surface area contributed by atoms with Gasteiger partial charge in [0.15, 0.2) is 5.03 Å². The Labute approximate surface area is 130 Å². The molecule has 3 heterocycles. The SMILES string of the molecule is O=S(=O)(c1[nH]ncc1CCl)N1CCC(N2CCCCC2)C1. The van der Waals surface area contributed by atoms with Crippen molar-refractivity contribution < 1.29 is 8.42 Å². The van der Waals surface area contributed by atoms with Crippen LogP contribution in [0.4, 0.5) is 0 Å². The standard InChI is InChI=1S/C13H21ClN4O2S/c14-8-11-9-15-16-13(11)21(19,20)18-7-4-12(10-18)17-5-2-1-3-6-17/h9,12H,1-8,10H2,(H,15,16). The Bertz CT molecular complexity index is 583. The predicted molar refractivity (Wildman–Crippen MR) is 80.7 cm³/mol. The van der Waals surface area contributed by atoms with Crippen LogP contribution in [-0.4, -0.2) is 60.0 Å². The minimum Gasteiger partial charge on any atom is -0.299 e. The molecular formula is C13H21ClN4O2S. The van der Waals surface area contributed by atoms with Gasteiger partial charge in [-0.2, -0.15) is 9.40 Å². The molecule has 0 bridgehead atoms. The molecule has 6 nitrogen and oxygen atoms in total. The van der Waals surface area contributed by atoms with Gasteiger partial charge in [0, 0.05) is 24.7 Å². The van der Waals surface area contributed by atoms with Crippen molar-refractivity contribution in [2.75, 3.05) is 26.2 Å². The van der Waals surface area contributed by atoms with Gasteiger partial charge in [0.1, 0.15) is 0 Å². The molecule has 1 atom stereocenters. The smallest absolute Gasteiger partial charge is 0.260 e. The fourth-order valence-electron chi connectivity index (χ4n) is 3.26. The minimum absolute atomic E-state index is 0.147. The molecular weight excluding hydrogens is 312 g/mol. The number of piperidine rings is 1. The summed E-state index contributed by atoms with van der Waals surface area (Å²) >= 11 is 5.79. The van der Waals surface area contributed by atoms with Crippen molar-refractivity contribution in [3.05, 3.63) is 11.8 Å². The van der Waals surface area contributed by atoms with E-state index in [0.29, 0.717) is 24.7 Å². The lowest BCUT2D eigenvalue weighted by Gasteiger charge is -2.32. The highest BCUT2D eigenvalue weighted by Crippen LogP contribution is 2.26. The molecule has 0 aromatic carbocycles. The summed E-state index contributed by atoms with van der Waals surface area (Å²) in [5.41, 5.74) is 0.540. The molecule has 0 saturated carbocycles.